The lowest BCUT2D eigenvalue weighted by atomic mass is 9.92. The molecule has 0 aliphatic carbocycles. The number of H-pyrrole nitrogens is 1. The van der Waals surface area contributed by atoms with Crippen LogP contribution in [-0.4, -0.2) is 10.1 Å². The normalized spacial score (nSPS) is 12.7. The predicted octanol–water partition coefficient (Wildman–Crippen LogP) is 4.31. The van der Waals surface area contributed by atoms with Crippen molar-refractivity contribution in [3.05, 3.63) is 69.3 Å². The van der Waals surface area contributed by atoms with E-state index in [-0.39, 0.29) is 18.2 Å². The van der Waals surface area contributed by atoms with Crippen molar-refractivity contribution in [2.45, 2.75) is 26.0 Å². The summed E-state index contributed by atoms with van der Waals surface area (Å²) in [6, 6.07) is 13.9. The van der Waals surface area contributed by atoms with Gasteiger partial charge in [-0.1, -0.05) is 37.3 Å². The van der Waals surface area contributed by atoms with Crippen LogP contribution in [0.5, 0.6) is 0 Å². The zero-order valence-corrected chi connectivity index (χ0v) is 15.3. The first-order valence-corrected chi connectivity index (χ1v) is 9.53. The summed E-state index contributed by atoms with van der Waals surface area (Å²) >= 11 is 1.43. The fourth-order valence-electron chi connectivity index (χ4n) is 3.48. The van der Waals surface area contributed by atoms with Crippen LogP contribution in [0.4, 0.5) is 0 Å². The lowest BCUT2D eigenvalue weighted by molar-refractivity contribution is 0.282. The molecule has 0 fully saturated rings. The quantitative estimate of drug-likeness (QED) is 0.505. The molecule has 0 radical (unpaired) electrons. The summed E-state index contributed by atoms with van der Waals surface area (Å²) in [5.74, 6) is 0. The largest absolute Gasteiger partial charge is 0.392 e. The zero-order chi connectivity index (χ0) is 18.3. The lowest BCUT2D eigenvalue weighted by Gasteiger charge is -2.15. The fraction of sp³-hybridized carbons (Fsp3) is 0.190. The zero-order valence-electron chi connectivity index (χ0n) is 14.5. The number of benzene rings is 2. The van der Waals surface area contributed by atoms with Crippen molar-refractivity contribution in [1.29, 1.82) is 0 Å². The summed E-state index contributed by atoms with van der Waals surface area (Å²) in [4.78, 5) is 15.3. The maximum absolute atomic E-state index is 12.3. The number of aliphatic hydroxyl groups is 1. The molecule has 2 aromatic carbocycles. The van der Waals surface area contributed by atoms with Crippen LogP contribution in [0.2, 0.25) is 0 Å². The fourth-order valence-corrected chi connectivity index (χ4v) is 4.28. The number of nitrogens with two attached hydrogens (primary N) is 1. The maximum Gasteiger partial charge on any atom is 0.266 e. The van der Waals surface area contributed by atoms with Crippen LogP contribution in [-0.2, 0) is 6.61 Å². The van der Waals surface area contributed by atoms with E-state index in [1.165, 1.54) is 11.3 Å². The minimum atomic E-state index is -0.0746. The minimum absolute atomic E-state index is 0.0221. The molecule has 4 nitrogen and oxygen atoms in total. The number of fused-ring (bicyclic) bond motifs is 3. The molecule has 1 atom stereocenters. The van der Waals surface area contributed by atoms with E-state index in [0.29, 0.717) is 4.70 Å². The van der Waals surface area contributed by atoms with E-state index < -0.39 is 0 Å². The van der Waals surface area contributed by atoms with Crippen LogP contribution >= 0.6 is 11.3 Å². The van der Waals surface area contributed by atoms with Gasteiger partial charge in [-0.15, -0.1) is 11.3 Å². The number of rotatable bonds is 4. The number of hydrogen-bond acceptors (Lipinski definition) is 4. The molecule has 2 aromatic heterocycles. The molecule has 4 rings (SSSR count). The van der Waals surface area contributed by atoms with Gasteiger partial charge in [0.05, 0.1) is 6.61 Å². The second-order valence-corrected chi connectivity index (χ2v) is 7.35. The summed E-state index contributed by atoms with van der Waals surface area (Å²) in [6.45, 7) is 2.00. The molecule has 0 aliphatic rings. The van der Waals surface area contributed by atoms with E-state index in [2.05, 4.69) is 11.9 Å². The summed E-state index contributed by atoms with van der Waals surface area (Å²) in [6.07, 6.45) is 0.881. The van der Waals surface area contributed by atoms with E-state index in [1.54, 1.807) is 0 Å². The second kappa shape index (κ2) is 6.68. The number of aliphatic hydroxyl groups excluding tert-OH is 1. The highest BCUT2D eigenvalue weighted by Gasteiger charge is 2.15. The topological polar surface area (TPSA) is 79.1 Å². The summed E-state index contributed by atoms with van der Waals surface area (Å²) in [5.41, 5.74) is 10.7. The monoisotopic (exact) mass is 364 g/mol. The van der Waals surface area contributed by atoms with Crippen molar-refractivity contribution < 1.29 is 5.11 Å². The van der Waals surface area contributed by atoms with E-state index in [9.17, 15) is 9.90 Å². The number of thiophene rings is 1. The first-order valence-electron chi connectivity index (χ1n) is 8.66. The molecule has 4 aromatic rings. The molecule has 0 amide bonds. The standard InChI is InChI=1S/C21H20N2O2S/c1-2-16(22)12-3-5-13(6-4-12)18-14(11-24)7-8-17-19(18)15-9-10-26-20(15)21(25)23-17/h3-10,16,24H,2,11,22H2,1H3,(H,23,25). The Labute approximate surface area is 154 Å². The van der Waals surface area contributed by atoms with Crippen LogP contribution < -0.4 is 11.3 Å². The molecule has 0 aliphatic heterocycles. The minimum Gasteiger partial charge on any atom is -0.392 e. The van der Waals surface area contributed by atoms with E-state index in [4.69, 9.17) is 5.73 Å². The Morgan fingerprint density at radius 1 is 1.15 bits per heavy atom. The van der Waals surface area contributed by atoms with Crippen molar-refractivity contribution in [3.63, 3.8) is 0 Å². The van der Waals surface area contributed by atoms with E-state index in [0.717, 1.165) is 45.0 Å². The Morgan fingerprint density at radius 2 is 1.92 bits per heavy atom. The van der Waals surface area contributed by atoms with Crippen LogP contribution in [0.1, 0.15) is 30.5 Å². The third-order valence-electron chi connectivity index (χ3n) is 4.92. The van der Waals surface area contributed by atoms with Crippen LogP contribution in [0.25, 0.3) is 32.1 Å². The first kappa shape index (κ1) is 17.0. The second-order valence-electron chi connectivity index (χ2n) is 6.43. The molecule has 5 heteroatoms. The van der Waals surface area contributed by atoms with Gasteiger partial charge in [-0.3, -0.25) is 4.79 Å². The highest BCUT2D eigenvalue weighted by atomic mass is 32.1. The van der Waals surface area contributed by atoms with E-state index >= 15 is 0 Å². The maximum atomic E-state index is 12.3. The number of aromatic nitrogens is 1. The predicted molar refractivity (Wildman–Crippen MR) is 109 cm³/mol. The molecule has 26 heavy (non-hydrogen) atoms. The Kier molecular flexibility index (Phi) is 4.36. The van der Waals surface area contributed by atoms with Crippen LogP contribution in [0, 0.1) is 0 Å². The van der Waals surface area contributed by atoms with Gasteiger partial charge in [0.2, 0.25) is 0 Å². The summed E-state index contributed by atoms with van der Waals surface area (Å²) in [5, 5.41) is 13.7. The number of aromatic amines is 1. The van der Waals surface area contributed by atoms with Gasteiger partial charge >= 0.3 is 0 Å². The SMILES string of the molecule is CCC(N)c1ccc(-c2c(CO)ccc3[nH]c(=O)c4sccc4c23)cc1. The van der Waals surface area contributed by atoms with Gasteiger partial charge in [-0.2, -0.15) is 0 Å². The molecule has 132 valence electrons. The van der Waals surface area contributed by atoms with Gasteiger partial charge in [-0.25, -0.2) is 0 Å². The smallest absolute Gasteiger partial charge is 0.266 e. The summed E-state index contributed by atoms with van der Waals surface area (Å²) in [7, 11) is 0. The molecule has 1 unspecified atom stereocenters. The van der Waals surface area contributed by atoms with Crippen LogP contribution in [0.3, 0.4) is 0 Å². The lowest BCUT2D eigenvalue weighted by Crippen LogP contribution is -2.08. The van der Waals surface area contributed by atoms with Crippen molar-refractivity contribution in [1.82, 2.24) is 4.98 Å². The highest BCUT2D eigenvalue weighted by Crippen LogP contribution is 2.37. The Bertz CT molecular complexity index is 1140. The van der Waals surface area contributed by atoms with Crippen molar-refractivity contribution >= 4 is 32.3 Å². The van der Waals surface area contributed by atoms with Crippen molar-refractivity contribution in [2.24, 2.45) is 5.73 Å². The molecule has 0 saturated carbocycles. The third kappa shape index (κ3) is 2.65. The Morgan fingerprint density at radius 3 is 2.62 bits per heavy atom. The molecule has 4 N–H and O–H groups in total. The number of pyridine rings is 1. The average molecular weight is 364 g/mol. The van der Waals surface area contributed by atoms with Gasteiger partial charge in [-0.05, 0) is 46.2 Å². The molecular formula is C21H20N2O2S. The van der Waals surface area contributed by atoms with E-state index in [1.807, 2.05) is 47.8 Å². The summed E-state index contributed by atoms with van der Waals surface area (Å²) < 4.78 is 0.707. The van der Waals surface area contributed by atoms with Gasteiger partial charge in [0.1, 0.15) is 4.70 Å². The van der Waals surface area contributed by atoms with Crippen molar-refractivity contribution in [3.8, 4) is 11.1 Å². The number of nitrogens with one attached hydrogen (secondary N) is 1. The molecule has 2 heterocycles. The van der Waals surface area contributed by atoms with Crippen molar-refractivity contribution in [2.75, 3.05) is 0 Å². The highest BCUT2D eigenvalue weighted by molar-refractivity contribution is 7.17. The van der Waals surface area contributed by atoms with Gasteiger partial charge in [0, 0.05) is 22.3 Å². The number of hydrogen-bond donors (Lipinski definition) is 3. The first-order chi connectivity index (χ1) is 12.6. The van der Waals surface area contributed by atoms with Crippen LogP contribution in [0.15, 0.2) is 52.6 Å². The Hall–Kier alpha value is -2.47. The van der Waals surface area contributed by atoms with Gasteiger partial charge in [0.15, 0.2) is 0 Å². The Balaban J connectivity index is 2.04. The molecule has 0 saturated heterocycles. The molecule has 0 spiro atoms. The van der Waals surface area contributed by atoms with Gasteiger partial charge < -0.3 is 15.8 Å². The molecular weight excluding hydrogens is 344 g/mol. The van der Waals surface area contributed by atoms with Gasteiger partial charge in [0.25, 0.3) is 5.56 Å². The average Bonchev–Trinajstić information content (AvgIpc) is 3.17. The molecule has 0 bridgehead atoms. The third-order valence-corrected chi connectivity index (χ3v) is 5.83.